The Hall–Kier alpha value is -0.870. The van der Waals surface area contributed by atoms with E-state index in [0.29, 0.717) is 5.56 Å². The summed E-state index contributed by atoms with van der Waals surface area (Å²) >= 11 is 3.48. The van der Waals surface area contributed by atoms with E-state index in [1.165, 1.54) is 12.8 Å². The molecule has 0 radical (unpaired) electrons. The van der Waals surface area contributed by atoms with Crippen molar-refractivity contribution in [1.82, 2.24) is 5.32 Å². The van der Waals surface area contributed by atoms with Crippen LogP contribution in [0.1, 0.15) is 35.2 Å². The first kappa shape index (κ1) is 14.5. The molecular weight excluding hydrogens is 306 g/mol. The first-order valence-corrected chi connectivity index (χ1v) is 7.39. The Labute approximate surface area is 122 Å². The highest BCUT2D eigenvalue weighted by atomic mass is 79.9. The summed E-state index contributed by atoms with van der Waals surface area (Å²) in [6, 6.07) is 5.75. The molecule has 3 nitrogen and oxygen atoms in total. The molecule has 19 heavy (non-hydrogen) atoms. The van der Waals surface area contributed by atoms with Gasteiger partial charge in [-0.1, -0.05) is 12.1 Å². The maximum atomic E-state index is 12.2. The normalized spacial score (nSPS) is 16.2. The maximum absolute atomic E-state index is 12.2. The van der Waals surface area contributed by atoms with Crippen LogP contribution >= 0.6 is 15.9 Å². The second kappa shape index (κ2) is 6.06. The molecule has 0 bridgehead atoms. The van der Waals surface area contributed by atoms with Gasteiger partial charge in [0.1, 0.15) is 0 Å². The van der Waals surface area contributed by atoms with Crippen molar-refractivity contribution in [3.8, 4) is 0 Å². The number of carbonyl (C=O) groups excluding carboxylic acids is 1. The second-order valence-electron chi connectivity index (χ2n) is 5.36. The summed E-state index contributed by atoms with van der Waals surface area (Å²) < 4.78 is 6.01. The minimum Gasteiger partial charge on any atom is -0.385 e. The van der Waals surface area contributed by atoms with Crippen molar-refractivity contribution in [2.45, 2.75) is 26.2 Å². The van der Waals surface area contributed by atoms with Gasteiger partial charge in [0.25, 0.3) is 5.91 Å². The SMILES string of the molecule is COCCC1(CNC(=O)c2cccc(C)c2Br)CC1. The number of benzene rings is 1. The summed E-state index contributed by atoms with van der Waals surface area (Å²) in [7, 11) is 1.72. The molecule has 1 aliphatic carbocycles. The van der Waals surface area contributed by atoms with E-state index in [-0.39, 0.29) is 11.3 Å². The highest BCUT2D eigenvalue weighted by Gasteiger charge is 2.42. The molecule has 1 aliphatic rings. The fourth-order valence-corrected chi connectivity index (χ4v) is 2.64. The van der Waals surface area contributed by atoms with E-state index in [9.17, 15) is 4.79 Å². The Morgan fingerprint density at radius 2 is 2.21 bits per heavy atom. The van der Waals surface area contributed by atoms with Crippen molar-refractivity contribution in [2.75, 3.05) is 20.3 Å². The number of nitrogens with one attached hydrogen (secondary N) is 1. The first-order chi connectivity index (χ1) is 9.08. The summed E-state index contributed by atoms with van der Waals surface area (Å²) in [5.41, 5.74) is 2.07. The van der Waals surface area contributed by atoms with Gasteiger partial charge in [0.15, 0.2) is 0 Å². The number of rotatable bonds is 6. The first-order valence-electron chi connectivity index (χ1n) is 6.60. The van der Waals surface area contributed by atoms with E-state index in [2.05, 4.69) is 21.2 Å². The van der Waals surface area contributed by atoms with E-state index < -0.39 is 0 Å². The topological polar surface area (TPSA) is 38.3 Å². The number of aryl methyl sites for hydroxylation is 1. The van der Waals surface area contributed by atoms with Crippen molar-refractivity contribution in [3.63, 3.8) is 0 Å². The largest absolute Gasteiger partial charge is 0.385 e. The Bertz CT molecular complexity index is 469. The highest BCUT2D eigenvalue weighted by molar-refractivity contribution is 9.10. The fourth-order valence-electron chi connectivity index (χ4n) is 2.20. The average molecular weight is 326 g/mol. The van der Waals surface area contributed by atoms with Crippen molar-refractivity contribution >= 4 is 21.8 Å². The van der Waals surface area contributed by atoms with Crippen LogP contribution in [-0.2, 0) is 4.74 Å². The van der Waals surface area contributed by atoms with Crippen molar-refractivity contribution in [2.24, 2.45) is 5.41 Å². The van der Waals surface area contributed by atoms with Crippen LogP contribution in [-0.4, -0.2) is 26.2 Å². The van der Waals surface area contributed by atoms with Gasteiger partial charge >= 0.3 is 0 Å². The number of methoxy groups -OCH3 is 1. The van der Waals surface area contributed by atoms with Gasteiger partial charge in [0.05, 0.1) is 5.56 Å². The molecule has 1 saturated carbocycles. The quantitative estimate of drug-likeness (QED) is 0.871. The van der Waals surface area contributed by atoms with Crippen molar-refractivity contribution in [1.29, 1.82) is 0 Å². The Balaban J connectivity index is 1.93. The van der Waals surface area contributed by atoms with Crippen LogP contribution in [0.25, 0.3) is 0 Å². The predicted molar refractivity (Wildman–Crippen MR) is 79.4 cm³/mol. The van der Waals surface area contributed by atoms with Crippen LogP contribution in [0, 0.1) is 12.3 Å². The molecule has 1 amide bonds. The Morgan fingerprint density at radius 1 is 1.47 bits per heavy atom. The maximum Gasteiger partial charge on any atom is 0.252 e. The minimum atomic E-state index is -0.000679. The molecular formula is C15H20BrNO2. The van der Waals surface area contributed by atoms with Crippen LogP contribution in [0.5, 0.6) is 0 Å². The molecule has 0 aliphatic heterocycles. The van der Waals surface area contributed by atoms with Crippen LogP contribution in [0.15, 0.2) is 22.7 Å². The molecule has 0 heterocycles. The lowest BCUT2D eigenvalue weighted by Crippen LogP contribution is -2.31. The van der Waals surface area contributed by atoms with E-state index >= 15 is 0 Å². The van der Waals surface area contributed by atoms with Crippen LogP contribution in [0.4, 0.5) is 0 Å². The molecule has 0 saturated heterocycles. The second-order valence-corrected chi connectivity index (χ2v) is 6.15. The van der Waals surface area contributed by atoms with Crippen LogP contribution in [0.2, 0.25) is 0 Å². The van der Waals surface area contributed by atoms with Gasteiger partial charge in [0.2, 0.25) is 0 Å². The lowest BCUT2D eigenvalue weighted by atomic mass is 10.0. The van der Waals surface area contributed by atoms with Gasteiger partial charge < -0.3 is 10.1 Å². The number of ether oxygens (including phenoxy) is 1. The third-order valence-electron chi connectivity index (χ3n) is 3.85. The van der Waals surface area contributed by atoms with Gasteiger partial charge in [-0.15, -0.1) is 0 Å². The lowest BCUT2D eigenvalue weighted by molar-refractivity contribution is 0.0937. The molecule has 4 heteroatoms. The number of amides is 1. The molecule has 0 unspecified atom stereocenters. The van der Waals surface area contributed by atoms with Crippen LogP contribution < -0.4 is 5.32 Å². The number of hydrogen-bond acceptors (Lipinski definition) is 2. The van der Waals surface area contributed by atoms with E-state index in [1.807, 2.05) is 25.1 Å². The molecule has 1 N–H and O–H groups in total. The smallest absolute Gasteiger partial charge is 0.252 e. The monoisotopic (exact) mass is 325 g/mol. The number of halogens is 1. The molecule has 2 rings (SSSR count). The standard InChI is InChI=1S/C15H20BrNO2/c1-11-4-3-5-12(13(11)16)14(18)17-10-15(6-7-15)8-9-19-2/h3-5H,6-10H2,1-2H3,(H,17,18). The third-order valence-corrected chi connectivity index (χ3v) is 4.91. The van der Waals surface area contributed by atoms with Crippen molar-refractivity contribution in [3.05, 3.63) is 33.8 Å². The highest BCUT2D eigenvalue weighted by Crippen LogP contribution is 2.48. The molecule has 0 atom stereocenters. The van der Waals surface area contributed by atoms with Gasteiger partial charge in [-0.3, -0.25) is 4.79 Å². The number of hydrogen-bond donors (Lipinski definition) is 1. The van der Waals surface area contributed by atoms with Gasteiger partial charge in [-0.25, -0.2) is 0 Å². The Morgan fingerprint density at radius 3 is 2.84 bits per heavy atom. The fraction of sp³-hybridized carbons (Fsp3) is 0.533. The zero-order chi connectivity index (χ0) is 13.9. The zero-order valence-electron chi connectivity index (χ0n) is 11.5. The zero-order valence-corrected chi connectivity index (χ0v) is 13.0. The summed E-state index contributed by atoms with van der Waals surface area (Å²) in [6.07, 6.45) is 3.40. The molecule has 1 aromatic rings. The van der Waals surface area contributed by atoms with Gasteiger partial charge in [-0.2, -0.15) is 0 Å². The Kier molecular flexibility index (Phi) is 4.63. The van der Waals surface area contributed by atoms with E-state index in [1.54, 1.807) is 7.11 Å². The summed E-state index contributed by atoms with van der Waals surface area (Å²) in [5.74, 6) is -0.000679. The van der Waals surface area contributed by atoms with E-state index in [0.717, 1.165) is 29.6 Å². The van der Waals surface area contributed by atoms with E-state index in [4.69, 9.17) is 4.74 Å². The molecule has 104 valence electrons. The molecule has 0 aromatic heterocycles. The van der Waals surface area contributed by atoms with Crippen molar-refractivity contribution < 1.29 is 9.53 Å². The molecule has 1 aromatic carbocycles. The average Bonchev–Trinajstić information content (AvgIpc) is 3.17. The third kappa shape index (κ3) is 3.57. The van der Waals surface area contributed by atoms with Gasteiger partial charge in [-0.05, 0) is 59.2 Å². The predicted octanol–water partition coefficient (Wildman–Crippen LogP) is 3.30. The number of carbonyl (C=O) groups is 1. The van der Waals surface area contributed by atoms with Crippen LogP contribution in [0.3, 0.4) is 0 Å². The lowest BCUT2D eigenvalue weighted by Gasteiger charge is -2.16. The molecule has 0 spiro atoms. The summed E-state index contributed by atoms with van der Waals surface area (Å²) in [4.78, 5) is 12.2. The van der Waals surface area contributed by atoms with Gasteiger partial charge in [0, 0.05) is 24.7 Å². The minimum absolute atomic E-state index is 0.000679. The summed E-state index contributed by atoms with van der Waals surface area (Å²) in [6.45, 7) is 3.50. The molecule has 1 fully saturated rings. The summed E-state index contributed by atoms with van der Waals surface area (Å²) in [5, 5.41) is 3.05.